The van der Waals surface area contributed by atoms with E-state index in [0.29, 0.717) is 5.56 Å². The number of carbonyl (C=O) groups is 1. The van der Waals surface area contributed by atoms with E-state index in [9.17, 15) is 4.79 Å². The van der Waals surface area contributed by atoms with Crippen molar-refractivity contribution in [2.45, 2.75) is 12.2 Å². The third-order valence-corrected chi connectivity index (χ3v) is 2.58. The van der Waals surface area contributed by atoms with E-state index in [1.807, 2.05) is 0 Å². The van der Waals surface area contributed by atoms with Crippen molar-refractivity contribution >= 4 is 5.78 Å². The summed E-state index contributed by atoms with van der Waals surface area (Å²) in [5.74, 6) is -0.896. The van der Waals surface area contributed by atoms with E-state index in [1.165, 1.54) is 14.2 Å². The fourth-order valence-corrected chi connectivity index (χ4v) is 1.80. The van der Waals surface area contributed by atoms with Crippen LogP contribution in [-0.4, -0.2) is 25.0 Å². The molecule has 0 aromatic carbocycles. The van der Waals surface area contributed by atoms with Crippen molar-refractivity contribution in [2.75, 3.05) is 14.2 Å². The minimum Gasteiger partial charge on any atom is -0.349 e. The molecule has 14 heavy (non-hydrogen) atoms. The zero-order valence-corrected chi connectivity index (χ0v) is 8.11. The summed E-state index contributed by atoms with van der Waals surface area (Å²) in [6.45, 7) is 0. The molecule has 0 unspecified atom stereocenters. The average Bonchev–Trinajstić information content (AvgIpc) is 2.53. The molecule has 0 fully saturated rings. The van der Waals surface area contributed by atoms with Gasteiger partial charge in [-0.05, 0) is 6.07 Å². The molecule has 0 spiro atoms. The molecular formula is C10H11NO3. The highest BCUT2D eigenvalue weighted by Gasteiger charge is 2.44. The molecule has 0 bridgehead atoms. The zero-order chi connectivity index (χ0) is 10.2. The number of fused-ring (bicyclic) bond motifs is 1. The van der Waals surface area contributed by atoms with Gasteiger partial charge >= 0.3 is 0 Å². The summed E-state index contributed by atoms with van der Waals surface area (Å²) in [6, 6.07) is 1.76. The van der Waals surface area contributed by atoms with E-state index in [2.05, 4.69) is 4.98 Å². The van der Waals surface area contributed by atoms with E-state index < -0.39 is 5.79 Å². The van der Waals surface area contributed by atoms with Crippen LogP contribution in [0.15, 0.2) is 18.5 Å². The van der Waals surface area contributed by atoms with Gasteiger partial charge in [0.15, 0.2) is 5.78 Å². The topological polar surface area (TPSA) is 48.4 Å². The van der Waals surface area contributed by atoms with E-state index in [4.69, 9.17) is 9.47 Å². The number of methoxy groups -OCH3 is 2. The van der Waals surface area contributed by atoms with Gasteiger partial charge < -0.3 is 9.47 Å². The van der Waals surface area contributed by atoms with Crippen LogP contribution in [0.1, 0.15) is 22.3 Å². The van der Waals surface area contributed by atoms with Crippen molar-refractivity contribution in [3.8, 4) is 0 Å². The Labute approximate surface area is 81.9 Å². The SMILES string of the molecule is COC1(OC)CC(=O)c2cnccc21. The molecule has 0 saturated carbocycles. The highest BCUT2D eigenvalue weighted by molar-refractivity contribution is 6.01. The predicted molar refractivity (Wildman–Crippen MR) is 48.9 cm³/mol. The smallest absolute Gasteiger partial charge is 0.202 e. The van der Waals surface area contributed by atoms with E-state index in [0.717, 1.165) is 5.56 Å². The Morgan fingerprint density at radius 2 is 2.14 bits per heavy atom. The summed E-state index contributed by atoms with van der Waals surface area (Å²) >= 11 is 0. The summed E-state index contributed by atoms with van der Waals surface area (Å²) in [6.07, 6.45) is 3.41. The molecule has 0 atom stereocenters. The van der Waals surface area contributed by atoms with E-state index in [-0.39, 0.29) is 12.2 Å². The molecule has 1 heterocycles. The van der Waals surface area contributed by atoms with Gasteiger partial charge in [-0.25, -0.2) is 0 Å². The Kier molecular flexibility index (Phi) is 2.09. The van der Waals surface area contributed by atoms with Gasteiger partial charge in [0.25, 0.3) is 0 Å². The molecule has 74 valence electrons. The number of carbonyl (C=O) groups excluding carboxylic acids is 1. The highest BCUT2D eigenvalue weighted by Crippen LogP contribution is 2.39. The quantitative estimate of drug-likeness (QED) is 0.660. The first kappa shape index (κ1) is 9.30. The number of hydrogen-bond acceptors (Lipinski definition) is 4. The van der Waals surface area contributed by atoms with Gasteiger partial charge in [-0.2, -0.15) is 0 Å². The van der Waals surface area contributed by atoms with Crippen molar-refractivity contribution in [2.24, 2.45) is 0 Å². The normalized spacial score (nSPS) is 18.3. The van der Waals surface area contributed by atoms with Crippen LogP contribution in [0, 0.1) is 0 Å². The molecule has 1 aromatic rings. The van der Waals surface area contributed by atoms with E-state index >= 15 is 0 Å². The minimum atomic E-state index is -0.907. The Balaban J connectivity index is 2.58. The number of aromatic nitrogens is 1. The van der Waals surface area contributed by atoms with Crippen molar-refractivity contribution in [3.63, 3.8) is 0 Å². The third-order valence-electron chi connectivity index (χ3n) is 2.58. The molecule has 0 N–H and O–H groups in total. The monoisotopic (exact) mass is 193 g/mol. The summed E-state index contributed by atoms with van der Waals surface area (Å²) < 4.78 is 10.5. The van der Waals surface area contributed by atoms with Crippen LogP contribution < -0.4 is 0 Å². The molecule has 0 saturated heterocycles. The van der Waals surface area contributed by atoms with Gasteiger partial charge in [-0.3, -0.25) is 9.78 Å². The van der Waals surface area contributed by atoms with Crippen molar-refractivity contribution in [1.29, 1.82) is 0 Å². The standard InChI is InChI=1S/C10H11NO3/c1-13-10(14-2)5-9(12)7-6-11-4-3-8(7)10/h3-4,6H,5H2,1-2H3. The van der Waals surface area contributed by atoms with Gasteiger partial charge in [-0.15, -0.1) is 0 Å². The largest absolute Gasteiger partial charge is 0.349 e. The maximum absolute atomic E-state index is 11.6. The second kappa shape index (κ2) is 3.15. The Bertz CT molecular complexity index is 371. The van der Waals surface area contributed by atoms with Crippen LogP contribution in [0.2, 0.25) is 0 Å². The van der Waals surface area contributed by atoms with Gasteiger partial charge in [0.1, 0.15) is 0 Å². The van der Waals surface area contributed by atoms with Crippen molar-refractivity contribution in [3.05, 3.63) is 29.6 Å². The molecule has 1 aliphatic carbocycles. The molecular weight excluding hydrogens is 182 g/mol. The van der Waals surface area contributed by atoms with Crippen LogP contribution in [0.5, 0.6) is 0 Å². The number of hydrogen-bond donors (Lipinski definition) is 0. The van der Waals surface area contributed by atoms with Crippen LogP contribution in [0.25, 0.3) is 0 Å². The number of ether oxygens (including phenoxy) is 2. The first-order valence-corrected chi connectivity index (χ1v) is 4.31. The number of ketones is 1. The number of pyridine rings is 1. The lowest BCUT2D eigenvalue weighted by molar-refractivity contribution is -0.208. The summed E-state index contributed by atoms with van der Waals surface area (Å²) in [5, 5.41) is 0. The predicted octanol–water partition coefficient (Wildman–Crippen LogP) is 1.11. The fraction of sp³-hybridized carbons (Fsp3) is 0.400. The number of Topliss-reactive ketones (excluding diaryl/α,β-unsaturated/α-hetero) is 1. The highest BCUT2D eigenvalue weighted by atomic mass is 16.7. The first-order valence-electron chi connectivity index (χ1n) is 4.31. The van der Waals surface area contributed by atoms with Crippen molar-refractivity contribution in [1.82, 2.24) is 4.98 Å². The van der Waals surface area contributed by atoms with E-state index in [1.54, 1.807) is 18.5 Å². The average molecular weight is 193 g/mol. The van der Waals surface area contributed by atoms with Crippen LogP contribution >= 0.6 is 0 Å². The minimum absolute atomic E-state index is 0.0109. The molecule has 2 rings (SSSR count). The maximum atomic E-state index is 11.6. The third kappa shape index (κ3) is 1.08. The Hall–Kier alpha value is -1.26. The first-order chi connectivity index (χ1) is 6.73. The molecule has 4 heteroatoms. The summed E-state index contributed by atoms with van der Waals surface area (Å²) in [5.41, 5.74) is 1.36. The van der Waals surface area contributed by atoms with Crippen LogP contribution in [0.3, 0.4) is 0 Å². The second-order valence-electron chi connectivity index (χ2n) is 3.18. The summed E-state index contributed by atoms with van der Waals surface area (Å²) in [7, 11) is 3.07. The van der Waals surface area contributed by atoms with Gasteiger partial charge in [-0.1, -0.05) is 0 Å². The lowest BCUT2D eigenvalue weighted by atomic mass is 10.1. The molecule has 1 aliphatic rings. The second-order valence-corrected chi connectivity index (χ2v) is 3.18. The molecule has 4 nitrogen and oxygen atoms in total. The number of nitrogens with zero attached hydrogens (tertiary/aromatic N) is 1. The van der Waals surface area contributed by atoms with Crippen LogP contribution in [0.4, 0.5) is 0 Å². The molecule has 0 aliphatic heterocycles. The zero-order valence-electron chi connectivity index (χ0n) is 8.11. The lowest BCUT2D eigenvalue weighted by Crippen LogP contribution is -2.28. The van der Waals surface area contributed by atoms with Crippen LogP contribution in [-0.2, 0) is 15.3 Å². The number of rotatable bonds is 2. The van der Waals surface area contributed by atoms with Gasteiger partial charge in [0.2, 0.25) is 5.79 Å². The van der Waals surface area contributed by atoms with Crippen molar-refractivity contribution < 1.29 is 14.3 Å². The molecule has 1 aromatic heterocycles. The summed E-state index contributed by atoms with van der Waals surface area (Å²) in [4.78, 5) is 15.5. The van der Waals surface area contributed by atoms with Gasteiger partial charge in [0.05, 0.1) is 6.42 Å². The molecule has 0 amide bonds. The Morgan fingerprint density at radius 1 is 1.43 bits per heavy atom. The molecule has 0 radical (unpaired) electrons. The van der Waals surface area contributed by atoms with Gasteiger partial charge in [0, 0.05) is 37.7 Å². The maximum Gasteiger partial charge on any atom is 0.202 e. The fourth-order valence-electron chi connectivity index (χ4n) is 1.80. The Morgan fingerprint density at radius 3 is 2.79 bits per heavy atom. The lowest BCUT2D eigenvalue weighted by Gasteiger charge is -2.25.